The maximum Gasteiger partial charge on any atom is 0.174 e. The fraction of sp³-hybridized carbons (Fsp3) is 0.435. The molecular weight excluding hydrogens is 384 g/mol. The zero-order valence-electron chi connectivity index (χ0n) is 17.6. The van der Waals surface area contributed by atoms with Gasteiger partial charge in [0.1, 0.15) is 5.75 Å². The zero-order chi connectivity index (χ0) is 20.9. The van der Waals surface area contributed by atoms with Crippen molar-refractivity contribution >= 4 is 23.0 Å². The maximum atomic E-state index is 5.75. The maximum absolute atomic E-state index is 5.75. The van der Waals surface area contributed by atoms with Crippen LogP contribution < -0.4 is 10.1 Å². The second-order valence-corrected chi connectivity index (χ2v) is 6.77. The summed E-state index contributed by atoms with van der Waals surface area (Å²) in [5.41, 5.74) is 2.12. The van der Waals surface area contributed by atoms with Gasteiger partial charge in [-0.3, -0.25) is 0 Å². The van der Waals surface area contributed by atoms with E-state index >= 15 is 0 Å². The summed E-state index contributed by atoms with van der Waals surface area (Å²) < 4.78 is 17.2. The largest absolute Gasteiger partial charge is 0.492 e. The van der Waals surface area contributed by atoms with Crippen molar-refractivity contribution in [3.8, 4) is 5.75 Å². The Bertz CT molecular complexity index is 721. The Morgan fingerprint density at radius 1 is 0.931 bits per heavy atom. The van der Waals surface area contributed by atoms with Gasteiger partial charge in [-0.25, -0.2) is 0 Å². The van der Waals surface area contributed by atoms with Crippen LogP contribution in [0.3, 0.4) is 0 Å². The first-order valence-electron chi connectivity index (χ1n) is 10.2. The van der Waals surface area contributed by atoms with Gasteiger partial charge in [0, 0.05) is 19.8 Å². The van der Waals surface area contributed by atoms with Crippen LogP contribution in [0, 0.1) is 0 Å². The molecule has 5 nitrogen and oxygen atoms in total. The Morgan fingerprint density at radius 3 is 2.24 bits per heavy atom. The molecule has 2 aromatic carbocycles. The first kappa shape index (κ1) is 23.1. The van der Waals surface area contributed by atoms with Gasteiger partial charge in [-0.05, 0) is 57.1 Å². The van der Waals surface area contributed by atoms with Gasteiger partial charge in [0.05, 0.1) is 18.8 Å². The normalized spacial score (nSPS) is 10.8. The number of anilines is 1. The molecule has 158 valence electrons. The van der Waals surface area contributed by atoms with Crippen LogP contribution in [0.5, 0.6) is 5.75 Å². The summed E-state index contributed by atoms with van der Waals surface area (Å²) in [4.78, 5) is 2.10. The summed E-state index contributed by atoms with van der Waals surface area (Å²) in [6.07, 6.45) is 0.545. The molecule has 0 atom stereocenters. The minimum Gasteiger partial charge on any atom is -0.492 e. The lowest BCUT2D eigenvalue weighted by molar-refractivity contribution is -0.141. The van der Waals surface area contributed by atoms with E-state index in [2.05, 4.69) is 34.5 Å². The zero-order valence-corrected chi connectivity index (χ0v) is 18.4. The van der Waals surface area contributed by atoms with Crippen LogP contribution in [0.15, 0.2) is 54.6 Å². The van der Waals surface area contributed by atoms with E-state index in [-0.39, 0.29) is 6.29 Å². The van der Waals surface area contributed by atoms with Gasteiger partial charge in [0.15, 0.2) is 11.4 Å². The minimum absolute atomic E-state index is 0.331. The van der Waals surface area contributed by atoms with Crippen LogP contribution in [-0.4, -0.2) is 49.2 Å². The van der Waals surface area contributed by atoms with Crippen molar-refractivity contribution in [2.45, 2.75) is 33.5 Å². The van der Waals surface area contributed by atoms with E-state index in [1.165, 1.54) is 5.56 Å². The molecule has 2 rings (SSSR count). The lowest BCUT2D eigenvalue weighted by Crippen LogP contribution is -2.43. The third kappa shape index (κ3) is 8.01. The summed E-state index contributed by atoms with van der Waals surface area (Å²) in [5, 5.41) is 3.97. The Labute approximate surface area is 180 Å². The fourth-order valence-electron chi connectivity index (χ4n) is 2.94. The standard InChI is InChI=1S/C23H32N2O3S/c1-4-26-21-15-11-10-14-20(21)24-23(29)25(18-22(27-5-2)28-6-3)17-16-19-12-8-7-9-13-19/h7-15,22H,4-6,16-18H2,1-3H3,(H,24,29). The average Bonchev–Trinajstić information content (AvgIpc) is 2.73. The van der Waals surface area contributed by atoms with E-state index < -0.39 is 0 Å². The Morgan fingerprint density at radius 2 is 1.59 bits per heavy atom. The molecule has 0 heterocycles. The van der Waals surface area contributed by atoms with Gasteiger partial charge in [-0.15, -0.1) is 0 Å². The molecule has 0 unspecified atom stereocenters. The highest BCUT2D eigenvalue weighted by Crippen LogP contribution is 2.24. The Balaban J connectivity index is 2.12. The third-order valence-corrected chi connectivity index (χ3v) is 4.66. The predicted molar refractivity (Wildman–Crippen MR) is 123 cm³/mol. The number of nitrogens with one attached hydrogen (secondary N) is 1. The van der Waals surface area contributed by atoms with E-state index in [0.29, 0.717) is 31.5 Å². The molecule has 0 bridgehead atoms. The number of rotatable bonds is 12. The molecule has 0 aliphatic carbocycles. The van der Waals surface area contributed by atoms with Crippen LogP contribution in [0.2, 0.25) is 0 Å². The Kier molecular flexibility index (Phi) is 10.5. The molecule has 1 N–H and O–H groups in total. The summed E-state index contributed by atoms with van der Waals surface area (Å²) in [5.74, 6) is 0.784. The van der Waals surface area contributed by atoms with Crippen LogP contribution in [0.25, 0.3) is 0 Å². The molecule has 0 radical (unpaired) electrons. The van der Waals surface area contributed by atoms with E-state index in [1.54, 1.807) is 0 Å². The van der Waals surface area contributed by atoms with Crippen molar-refractivity contribution in [3.05, 3.63) is 60.2 Å². The van der Waals surface area contributed by atoms with E-state index in [0.717, 1.165) is 24.4 Å². The van der Waals surface area contributed by atoms with Crippen molar-refractivity contribution in [2.24, 2.45) is 0 Å². The second-order valence-electron chi connectivity index (χ2n) is 6.38. The van der Waals surface area contributed by atoms with Gasteiger partial charge in [0.2, 0.25) is 0 Å². The number of nitrogens with zero attached hydrogens (tertiary/aromatic N) is 1. The van der Waals surface area contributed by atoms with E-state index in [9.17, 15) is 0 Å². The molecule has 0 saturated carbocycles. The molecule has 0 amide bonds. The minimum atomic E-state index is -0.331. The van der Waals surface area contributed by atoms with Crippen LogP contribution in [0.1, 0.15) is 26.3 Å². The Hall–Kier alpha value is -2.15. The monoisotopic (exact) mass is 416 g/mol. The molecule has 2 aromatic rings. The van der Waals surface area contributed by atoms with Crippen molar-refractivity contribution in [3.63, 3.8) is 0 Å². The average molecular weight is 417 g/mol. The molecular formula is C23H32N2O3S. The van der Waals surface area contributed by atoms with Gasteiger partial charge < -0.3 is 24.4 Å². The highest BCUT2D eigenvalue weighted by molar-refractivity contribution is 7.80. The summed E-state index contributed by atoms with van der Waals surface area (Å²) in [7, 11) is 0. The fourth-order valence-corrected chi connectivity index (χ4v) is 3.21. The first-order valence-corrected chi connectivity index (χ1v) is 10.6. The second kappa shape index (κ2) is 13.1. The number of hydrogen-bond donors (Lipinski definition) is 1. The molecule has 0 saturated heterocycles. The quantitative estimate of drug-likeness (QED) is 0.399. The van der Waals surface area contributed by atoms with Crippen molar-refractivity contribution in [2.75, 3.05) is 38.2 Å². The summed E-state index contributed by atoms with van der Waals surface area (Å²) >= 11 is 5.75. The van der Waals surface area contributed by atoms with Crippen LogP contribution in [-0.2, 0) is 15.9 Å². The molecule has 6 heteroatoms. The van der Waals surface area contributed by atoms with Gasteiger partial charge >= 0.3 is 0 Å². The number of hydrogen-bond acceptors (Lipinski definition) is 4. The molecule has 0 aliphatic rings. The van der Waals surface area contributed by atoms with Crippen LogP contribution >= 0.6 is 12.2 Å². The smallest absolute Gasteiger partial charge is 0.174 e. The van der Waals surface area contributed by atoms with Gasteiger partial charge in [-0.2, -0.15) is 0 Å². The molecule has 0 spiro atoms. The topological polar surface area (TPSA) is 43.0 Å². The number of para-hydroxylation sites is 2. The number of benzene rings is 2. The summed E-state index contributed by atoms with van der Waals surface area (Å²) in [6.45, 7) is 8.98. The predicted octanol–water partition coefficient (Wildman–Crippen LogP) is 4.73. The molecule has 29 heavy (non-hydrogen) atoms. The lowest BCUT2D eigenvalue weighted by atomic mass is 10.1. The van der Waals surface area contributed by atoms with Crippen molar-refractivity contribution in [1.82, 2.24) is 4.90 Å². The number of thiocarbonyl (C=S) groups is 1. The van der Waals surface area contributed by atoms with Gasteiger partial charge in [-0.1, -0.05) is 42.5 Å². The highest BCUT2D eigenvalue weighted by Gasteiger charge is 2.18. The van der Waals surface area contributed by atoms with Gasteiger partial charge in [0.25, 0.3) is 0 Å². The molecule has 0 aromatic heterocycles. The van der Waals surface area contributed by atoms with E-state index in [4.69, 9.17) is 26.4 Å². The molecule has 0 fully saturated rings. The first-order chi connectivity index (χ1) is 14.2. The van der Waals surface area contributed by atoms with Crippen molar-refractivity contribution < 1.29 is 14.2 Å². The number of ether oxygens (including phenoxy) is 3. The molecule has 0 aliphatic heterocycles. The van der Waals surface area contributed by atoms with Crippen molar-refractivity contribution in [1.29, 1.82) is 0 Å². The highest BCUT2D eigenvalue weighted by atomic mass is 32.1. The van der Waals surface area contributed by atoms with E-state index in [1.807, 2.05) is 51.1 Å². The lowest BCUT2D eigenvalue weighted by Gasteiger charge is -2.30. The third-order valence-electron chi connectivity index (χ3n) is 4.30. The SMILES string of the molecule is CCOc1ccccc1NC(=S)N(CCc1ccccc1)CC(OCC)OCC. The van der Waals surface area contributed by atoms with Crippen LogP contribution in [0.4, 0.5) is 5.69 Å². The summed E-state index contributed by atoms with van der Waals surface area (Å²) in [6, 6.07) is 18.2.